The zero-order valence-electron chi connectivity index (χ0n) is 12.5. The van der Waals surface area contributed by atoms with Crippen molar-refractivity contribution >= 4 is 11.9 Å². The summed E-state index contributed by atoms with van der Waals surface area (Å²) in [5, 5.41) is 12.4. The fourth-order valence-corrected chi connectivity index (χ4v) is 1.86. The van der Waals surface area contributed by atoms with Gasteiger partial charge >= 0.3 is 0 Å². The number of hydrogen-bond donors (Lipinski definition) is 2. The van der Waals surface area contributed by atoms with E-state index in [4.69, 9.17) is 0 Å². The van der Waals surface area contributed by atoms with E-state index in [2.05, 4.69) is 12.2 Å². The number of amides is 1. The van der Waals surface area contributed by atoms with Crippen LogP contribution in [0.3, 0.4) is 0 Å². The van der Waals surface area contributed by atoms with Gasteiger partial charge in [-0.05, 0) is 6.42 Å². The van der Waals surface area contributed by atoms with E-state index in [9.17, 15) is 14.7 Å². The van der Waals surface area contributed by atoms with Gasteiger partial charge in [-0.2, -0.15) is 0 Å². The van der Waals surface area contributed by atoms with E-state index >= 15 is 0 Å². The first-order valence-corrected chi connectivity index (χ1v) is 7.13. The molecule has 0 atom stereocenters. The predicted molar refractivity (Wildman–Crippen MR) is 75.8 cm³/mol. The fourth-order valence-electron chi connectivity index (χ4n) is 1.86. The van der Waals surface area contributed by atoms with Crippen LogP contribution in [0.5, 0.6) is 0 Å². The predicted octanol–water partition coefficient (Wildman–Crippen LogP) is 2.15. The molecule has 0 heterocycles. The molecule has 0 saturated carbocycles. The molecule has 0 aliphatic carbocycles. The molecule has 0 unspecified atom stereocenters. The zero-order chi connectivity index (χ0) is 13.6. The lowest BCUT2D eigenvalue weighted by Gasteiger charge is -2.05. The number of aliphatic carboxylic acids is 1. The van der Waals surface area contributed by atoms with E-state index < -0.39 is 5.97 Å². The molecular weight excluding hydrogens is 244 g/mol. The van der Waals surface area contributed by atoms with Crippen molar-refractivity contribution in [1.29, 1.82) is 0 Å². The molecule has 0 aromatic heterocycles. The van der Waals surface area contributed by atoms with Gasteiger partial charge in [0.25, 0.3) is 0 Å². The second-order valence-electron chi connectivity index (χ2n) is 4.73. The summed E-state index contributed by atoms with van der Waals surface area (Å²) < 4.78 is 0. The van der Waals surface area contributed by atoms with Crippen LogP contribution in [0, 0.1) is 0 Å². The molecule has 0 aromatic rings. The van der Waals surface area contributed by atoms with Crippen molar-refractivity contribution in [2.75, 3.05) is 6.54 Å². The van der Waals surface area contributed by atoms with Crippen LogP contribution < -0.4 is 16.6 Å². The van der Waals surface area contributed by atoms with Gasteiger partial charge < -0.3 is 21.4 Å². The third kappa shape index (κ3) is 16.9. The third-order valence-electron chi connectivity index (χ3n) is 2.94. The minimum Gasteiger partial charge on any atom is -0.548 e. The van der Waals surface area contributed by atoms with Crippen molar-refractivity contribution in [3.8, 4) is 0 Å². The van der Waals surface area contributed by atoms with Crippen LogP contribution in [-0.4, -0.2) is 18.4 Å². The molecule has 19 heavy (non-hydrogen) atoms. The maximum atomic E-state index is 11.2. The van der Waals surface area contributed by atoms with Gasteiger partial charge in [-0.1, -0.05) is 58.3 Å². The Kier molecular flexibility index (Phi) is 15.9. The van der Waals surface area contributed by atoms with E-state index in [0.717, 1.165) is 12.8 Å². The topological polar surface area (TPSA) is 106 Å². The number of nitrogens with one attached hydrogen (secondary N) is 1. The van der Waals surface area contributed by atoms with Crippen LogP contribution in [-0.2, 0) is 9.59 Å². The average Bonchev–Trinajstić information content (AvgIpc) is 2.34. The number of carboxylic acid groups (broad SMARTS) is 1. The summed E-state index contributed by atoms with van der Waals surface area (Å²) >= 11 is 0. The van der Waals surface area contributed by atoms with Gasteiger partial charge in [0.05, 0.1) is 12.5 Å². The summed E-state index contributed by atoms with van der Waals surface area (Å²) in [5.41, 5.74) is 0. The Morgan fingerprint density at radius 1 is 0.895 bits per heavy atom. The minimum atomic E-state index is -1.24. The SMILES string of the molecule is CCCCCCCCCCCC(=O)NCC(=O)[O-].[NH4+]. The van der Waals surface area contributed by atoms with E-state index in [-0.39, 0.29) is 18.6 Å². The molecule has 0 fully saturated rings. The van der Waals surface area contributed by atoms with Crippen LogP contribution in [0.25, 0.3) is 0 Å². The van der Waals surface area contributed by atoms with E-state index in [1.807, 2.05) is 0 Å². The highest BCUT2D eigenvalue weighted by atomic mass is 16.4. The fraction of sp³-hybridized carbons (Fsp3) is 0.857. The van der Waals surface area contributed by atoms with Gasteiger partial charge in [0.15, 0.2) is 0 Å². The number of hydrogen-bond acceptors (Lipinski definition) is 3. The first kappa shape index (κ1) is 20.2. The molecule has 0 aliphatic rings. The van der Waals surface area contributed by atoms with Crippen molar-refractivity contribution in [2.45, 2.75) is 71.1 Å². The standard InChI is InChI=1S/C14H27NO3.H3N/c1-2-3-4-5-6-7-8-9-10-11-13(16)15-12-14(17)18;/h2-12H2,1H3,(H,15,16)(H,17,18);1H3. The smallest absolute Gasteiger partial charge is 0.220 e. The first-order valence-electron chi connectivity index (χ1n) is 7.13. The van der Waals surface area contributed by atoms with Crippen molar-refractivity contribution in [2.24, 2.45) is 0 Å². The lowest BCUT2D eigenvalue weighted by Crippen LogP contribution is -2.37. The van der Waals surface area contributed by atoms with Gasteiger partial charge in [0.1, 0.15) is 0 Å². The zero-order valence-corrected chi connectivity index (χ0v) is 12.5. The van der Waals surface area contributed by atoms with E-state index in [0.29, 0.717) is 6.42 Å². The summed E-state index contributed by atoms with van der Waals surface area (Å²) in [6.45, 7) is 1.84. The Morgan fingerprint density at radius 2 is 1.37 bits per heavy atom. The van der Waals surface area contributed by atoms with Crippen LogP contribution in [0.1, 0.15) is 71.1 Å². The molecule has 0 saturated heterocycles. The van der Waals surface area contributed by atoms with Gasteiger partial charge in [-0.3, -0.25) is 4.79 Å². The quantitative estimate of drug-likeness (QED) is 0.532. The number of quaternary nitrogens is 1. The monoisotopic (exact) mass is 274 g/mol. The molecule has 1 amide bonds. The summed E-state index contributed by atoms with van der Waals surface area (Å²) in [4.78, 5) is 21.3. The molecule has 0 aliphatic heterocycles. The molecule has 5 heteroatoms. The molecule has 0 bridgehead atoms. The number of carbonyl (C=O) groups is 2. The molecular formula is C14H30N2O3. The summed E-state index contributed by atoms with van der Waals surface area (Å²) in [5.74, 6) is -1.43. The molecule has 0 aromatic carbocycles. The Hall–Kier alpha value is -1.10. The third-order valence-corrected chi connectivity index (χ3v) is 2.94. The minimum absolute atomic E-state index is 0. The molecule has 0 spiro atoms. The van der Waals surface area contributed by atoms with Crippen LogP contribution >= 0.6 is 0 Å². The number of carboxylic acids is 1. The Balaban J connectivity index is 0. The van der Waals surface area contributed by atoms with Gasteiger partial charge in [0.2, 0.25) is 5.91 Å². The number of unbranched alkanes of at least 4 members (excludes halogenated alkanes) is 8. The van der Waals surface area contributed by atoms with Gasteiger partial charge in [0, 0.05) is 6.42 Å². The molecule has 114 valence electrons. The van der Waals surface area contributed by atoms with Crippen LogP contribution in [0.2, 0.25) is 0 Å². The maximum absolute atomic E-state index is 11.2. The number of carbonyl (C=O) groups excluding carboxylic acids is 2. The first-order chi connectivity index (χ1) is 8.66. The number of rotatable bonds is 12. The van der Waals surface area contributed by atoms with Crippen molar-refractivity contribution < 1.29 is 14.7 Å². The van der Waals surface area contributed by atoms with E-state index in [1.165, 1.54) is 44.9 Å². The largest absolute Gasteiger partial charge is 0.548 e. The van der Waals surface area contributed by atoms with Gasteiger partial charge in [-0.15, -0.1) is 0 Å². The Bertz CT molecular complexity index is 233. The Morgan fingerprint density at radius 3 is 1.84 bits per heavy atom. The summed E-state index contributed by atoms with van der Waals surface area (Å²) in [7, 11) is 0. The Labute approximate surface area is 116 Å². The van der Waals surface area contributed by atoms with Crippen molar-refractivity contribution in [1.82, 2.24) is 11.5 Å². The van der Waals surface area contributed by atoms with Crippen LogP contribution in [0.15, 0.2) is 0 Å². The summed E-state index contributed by atoms with van der Waals surface area (Å²) in [6, 6.07) is 0. The highest BCUT2D eigenvalue weighted by Gasteiger charge is 2.00. The molecule has 0 radical (unpaired) electrons. The summed E-state index contributed by atoms with van der Waals surface area (Å²) in [6.07, 6.45) is 11.3. The average molecular weight is 274 g/mol. The maximum Gasteiger partial charge on any atom is 0.220 e. The lowest BCUT2D eigenvalue weighted by molar-refractivity contribution is -0.304. The lowest BCUT2D eigenvalue weighted by atomic mass is 10.1. The highest BCUT2D eigenvalue weighted by molar-refractivity contribution is 5.80. The van der Waals surface area contributed by atoms with Crippen LogP contribution in [0.4, 0.5) is 0 Å². The van der Waals surface area contributed by atoms with Gasteiger partial charge in [-0.25, -0.2) is 0 Å². The van der Waals surface area contributed by atoms with Crippen molar-refractivity contribution in [3.05, 3.63) is 0 Å². The molecule has 5 nitrogen and oxygen atoms in total. The second-order valence-corrected chi connectivity index (χ2v) is 4.73. The van der Waals surface area contributed by atoms with Crippen molar-refractivity contribution in [3.63, 3.8) is 0 Å². The second kappa shape index (κ2) is 15.0. The highest BCUT2D eigenvalue weighted by Crippen LogP contribution is 2.10. The molecule has 5 N–H and O–H groups in total. The normalized spacial score (nSPS) is 9.74. The molecule has 0 rings (SSSR count). The van der Waals surface area contributed by atoms with E-state index in [1.54, 1.807) is 0 Å².